The first-order valence-corrected chi connectivity index (χ1v) is 5.86. The van der Waals surface area contributed by atoms with Crippen molar-refractivity contribution >= 4 is 18.3 Å². The molecule has 1 aliphatic heterocycles. The third kappa shape index (κ3) is 2.28. The van der Waals surface area contributed by atoms with Gasteiger partial charge in [0.05, 0.1) is 0 Å². The van der Waals surface area contributed by atoms with Crippen LogP contribution in [0, 0.1) is 17.8 Å². The number of hydrogen-bond donors (Lipinski definition) is 1. The average molecular weight is 231 g/mol. The van der Waals surface area contributed by atoms with Crippen molar-refractivity contribution in [3.63, 3.8) is 0 Å². The lowest BCUT2D eigenvalue weighted by Crippen LogP contribution is -2.47. The van der Waals surface area contributed by atoms with Crippen LogP contribution in [0.1, 0.15) is 19.3 Å². The van der Waals surface area contributed by atoms with Gasteiger partial charge in [-0.2, -0.15) is 0 Å². The molecule has 3 nitrogen and oxygen atoms in total. The summed E-state index contributed by atoms with van der Waals surface area (Å²) < 4.78 is 0. The predicted octanol–water partition coefficient (Wildman–Crippen LogP) is 0.886. The monoisotopic (exact) mass is 230 g/mol. The number of carbonyl (C=O) groups is 1. The third-order valence-electron chi connectivity index (χ3n) is 3.81. The van der Waals surface area contributed by atoms with Crippen molar-refractivity contribution in [2.75, 3.05) is 26.2 Å². The van der Waals surface area contributed by atoms with Gasteiger partial charge in [0, 0.05) is 32.1 Å². The van der Waals surface area contributed by atoms with E-state index < -0.39 is 0 Å². The summed E-state index contributed by atoms with van der Waals surface area (Å²) in [4.78, 5) is 14.1. The molecule has 3 rings (SSSR count). The van der Waals surface area contributed by atoms with Crippen LogP contribution in [0.2, 0.25) is 0 Å². The molecule has 0 aromatic heterocycles. The Balaban J connectivity index is 0.000000853. The zero-order valence-electron chi connectivity index (χ0n) is 8.95. The fourth-order valence-electron chi connectivity index (χ4n) is 2.66. The van der Waals surface area contributed by atoms with Crippen molar-refractivity contribution < 1.29 is 4.79 Å². The largest absolute Gasteiger partial charge is 0.340 e. The zero-order valence-corrected chi connectivity index (χ0v) is 9.76. The maximum absolute atomic E-state index is 12.0. The Bertz CT molecular complexity index is 249. The highest BCUT2D eigenvalue weighted by atomic mass is 35.5. The van der Waals surface area contributed by atoms with Crippen molar-refractivity contribution in [2.45, 2.75) is 19.3 Å². The lowest BCUT2D eigenvalue weighted by Gasteiger charge is -2.27. The molecule has 86 valence electrons. The molecule has 4 heteroatoms. The van der Waals surface area contributed by atoms with Gasteiger partial charge >= 0.3 is 0 Å². The van der Waals surface area contributed by atoms with Gasteiger partial charge in [-0.25, -0.2) is 0 Å². The van der Waals surface area contributed by atoms with Crippen LogP contribution in [0.4, 0.5) is 0 Å². The van der Waals surface area contributed by atoms with Crippen LogP contribution in [-0.4, -0.2) is 37.0 Å². The Kier molecular flexibility index (Phi) is 3.21. The molecule has 0 aromatic rings. The van der Waals surface area contributed by atoms with Gasteiger partial charge in [-0.1, -0.05) is 0 Å². The van der Waals surface area contributed by atoms with Crippen LogP contribution >= 0.6 is 12.4 Å². The molecule has 2 atom stereocenters. The number of hydrogen-bond acceptors (Lipinski definition) is 2. The summed E-state index contributed by atoms with van der Waals surface area (Å²) in [6, 6.07) is 0. The molecule has 3 fully saturated rings. The van der Waals surface area contributed by atoms with Gasteiger partial charge in [-0.15, -0.1) is 12.4 Å². The van der Waals surface area contributed by atoms with Crippen LogP contribution in [-0.2, 0) is 4.79 Å². The molecule has 0 bridgehead atoms. The highest BCUT2D eigenvalue weighted by Gasteiger charge is 2.52. The van der Waals surface area contributed by atoms with Gasteiger partial charge in [0.25, 0.3) is 0 Å². The molecule has 3 aliphatic rings. The van der Waals surface area contributed by atoms with E-state index in [1.54, 1.807) is 0 Å². The number of carbonyl (C=O) groups excluding carboxylic acids is 1. The summed E-state index contributed by atoms with van der Waals surface area (Å²) in [7, 11) is 0. The minimum Gasteiger partial charge on any atom is -0.340 e. The van der Waals surface area contributed by atoms with Gasteiger partial charge in [0.1, 0.15) is 0 Å². The van der Waals surface area contributed by atoms with Crippen LogP contribution in [0.25, 0.3) is 0 Å². The van der Waals surface area contributed by atoms with E-state index in [2.05, 4.69) is 10.2 Å². The average Bonchev–Trinajstić information content (AvgIpc) is 3.07. The third-order valence-corrected chi connectivity index (χ3v) is 3.81. The molecule has 1 heterocycles. The molecule has 0 radical (unpaired) electrons. The molecule has 0 spiro atoms. The predicted molar refractivity (Wildman–Crippen MR) is 61.0 cm³/mol. The normalized spacial score (nSPS) is 34.5. The molecule has 1 saturated heterocycles. The van der Waals surface area contributed by atoms with Gasteiger partial charge in [-0.05, 0) is 31.1 Å². The van der Waals surface area contributed by atoms with E-state index in [1.165, 1.54) is 19.3 Å². The molecular weight excluding hydrogens is 212 g/mol. The van der Waals surface area contributed by atoms with E-state index in [4.69, 9.17) is 0 Å². The topological polar surface area (TPSA) is 32.3 Å². The second kappa shape index (κ2) is 4.30. The highest BCUT2D eigenvalue weighted by molar-refractivity contribution is 5.85. The summed E-state index contributed by atoms with van der Waals surface area (Å²) >= 11 is 0. The molecule has 1 N–H and O–H groups in total. The Morgan fingerprint density at radius 1 is 1.20 bits per heavy atom. The number of halogens is 1. The lowest BCUT2D eigenvalue weighted by atomic mass is 10.2. The molecule has 1 amide bonds. The number of rotatable bonds is 2. The minimum absolute atomic E-state index is 0. The highest BCUT2D eigenvalue weighted by Crippen LogP contribution is 2.54. The SMILES string of the molecule is Cl.O=C(C1CC1C1CC1)N1CCNCC1. The quantitative estimate of drug-likeness (QED) is 0.764. The second-order valence-corrected chi connectivity index (χ2v) is 4.92. The van der Waals surface area contributed by atoms with Crippen LogP contribution in [0.5, 0.6) is 0 Å². The van der Waals surface area contributed by atoms with Crippen molar-refractivity contribution in [2.24, 2.45) is 17.8 Å². The van der Waals surface area contributed by atoms with E-state index in [0.29, 0.717) is 11.8 Å². The van der Waals surface area contributed by atoms with E-state index >= 15 is 0 Å². The van der Waals surface area contributed by atoms with E-state index in [9.17, 15) is 4.79 Å². The van der Waals surface area contributed by atoms with E-state index in [-0.39, 0.29) is 12.4 Å². The van der Waals surface area contributed by atoms with Crippen LogP contribution < -0.4 is 5.32 Å². The number of nitrogens with zero attached hydrogens (tertiary/aromatic N) is 1. The Morgan fingerprint density at radius 2 is 1.87 bits per heavy atom. The molecule has 2 aliphatic carbocycles. The summed E-state index contributed by atoms with van der Waals surface area (Å²) in [6.07, 6.45) is 3.96. The molecular formula is C11H19ClN2O. The van der Waals surface area contributed by atoms with Gasteiger partial charge in [-0.3, -0.25) is 4.79 Å². The maximum Gasteiger partial charge on any atom is 0.226 e. The fourth-order valence-corrected chi connectivity index (χ4v) is 2.66. The van der Waals surface area contributed by atoms with E-state index in [0.717, 1.165) is 38.0 Å². The van der Waals surface area contributed by atoms with Gasteiger partial charge in [0.2, 0.25) is 5.91 Å². The molecule has 2 saturated carbocycles. The number of piperazine rings is 1. The number of nitrogens with one attached hydrogen (secondary N) is 1. The lowest BCUT2D eigenvalue weighted by molar-refractivity contribution is -0.133. The van der Waals surface area contributed by atoms with Crippen LogP contribution in [0.15, 0.2) is 0 Å². The summed E-state index contributed by atoms with van der Waals surface area (Å²) in [5.41, 5.74) is 0. The Morgan fingerprint density at radius 3 is 2.47 bits per heavy atom. The first-order valence-electron chi connectivity index (χ1n) is 5.86. The molecule has 15 heavy (non-hydrogen) atoms. The first kappa shape index (κ1) is 11.2. The minimum atomic E-state index is 0. The summed E-state index contributed by atoms with van der Waals surface area (Å²) in [5, 5.41) is 3.28. The van der Waals surface area contributed by atoms with Crippen molar-refractivity contribution in [1.29, 1.82) is 0 Å². The maximum atomic E-state index is 12.0. The van der Waals surface area contributed by atoms with Gasteiger partial charge in [0.15, 0.2) is 0 Å². The molecule has 0 aromatic carbocycles. The van der Waals surface area contributed by atoms with Gasteiger partial charge < -0.3 is 10.2 Å². The summed E-state index contributed by atoms with van der Waals surface area (Å²) in [6.45, 7) is 3.80. The second-order valence-electron chi connectivity index (χ2n) is 4.92. The van der Waals surface area contributed by atoms with Crippen LogP contribution in [0.3, 0.4) is 0 Å². The zero-order chi connectivity index (χ0) is 9.54. The van der Waals surface area contributed by atoms with Crippen molar-refractivity contribution in [3.8, 4) is 0 Å². The standard InChI is InChI=1S/C11H18N2O.ClH/c14-11(13-5-3-12-4-6-13)10-7-9(10)8-1-2-8;/h8-10,12H,1-7H2;1H. The van der Waals surface area contributed by atoms with Crippen molar-refractivity contribution in [1.82, 2.24) is 10.2 Å². The smallest absolute Gasteiger partial charge is 0.226 e. The van der Waals surface area contributed by atoms with E-state index in [1.807, 2.05) is 0 Å². The summed E-state index contributed by atoms with van der Waals surface area (Å²) in [5.74, 6) is 2.56. The fraction of sp³-hybridized carbons (Fsp3) is 0.909. The first-order chi connectivity index (χ1) is 6.86. The molecule has 2 unspecified atom stereocenters. The Labute approximate surface area is 97.0 Å². The Hall–Kier alpha value is -0.280. The number of amides is 1. The van der Waals surface area contributed by atoms with Crippen molar-refractivity contribution in [3.05, 3.63) is 0 Å².